The van der Waals surface area contributed by atoms with Crippen molar-refractivity contribution >= 4 is 22.9 Å². The number of aromatic nitrogens is 1. The molecule has 1 heterocycles. The lowest BCUT2D eigenvalue weighted by molar-refractivity contribution is -0.129. The number of para-hydroxylation sites is 1. The number of aliphatic hydroxyl groups is 1. The maximum absolute atomic E-state index is 13.0. The molecule has 3 rings (SSSR count). The maximum atomic E-state index is 13.0. The molecule has 1 fully saturated rings. The van der Waals surface area contributed by atoms with E-state index < -0.39 is 23.1 Å². The number of carbonyl (C=O) groups is 2. The van der Waals surface area contributed by atoms with E-state index >= 15 is 0 Å². The molecule has 2 amide bonds. The van der Waals surface area contributed by atoms with E-state index in [2.05, 4.69) is 15.6 Å². The van der Waals surface area contributed by atoms with Gasteiger partial charge in [-0.3, -0.25) is 4.79 Å². The molecule has 1 aliphatic rings. The summed E-state index contributed by atoms with van der Waals surface area (Å²) in [4.78, 5) is 27.5. The molecule has 0 radical (unpaired) electrons. The monoisotopic (exact) mass is 359 g/mol. The molecule has 1 unspecified atom stereocenters. The Morgan fingerprint density at radius 2 is 1.96 bits per heavy atom. The SMILES string of the molecule is CC(Cc1c[nH]c2ccccc12)(NC(=O)O)C(=O)NC1(CO)CCCC1. The molecule has 2 aromatic rings. The zero-order valence-electron chi connectivity index (χ0n) is 14.8. The fourth-order valence-electron chi connectivity index (χ4n) is 3.83. The molecule has 140 valence electrons. The molecule has 26 heavy (non-hydrogen) atoms. The summed E-state index contributed by atoms with van der Waals surface area (Å²) in [6, 6.07) is 7.68. The highest BCUT2D eigenvalue weighted by atomic mass is 16.4. The number of rotatable bonds is 6. The Kier molecular flexibility index (Phi) is 4.91. The van der Waals surface area contributed by atoms with Gasteiger partial charge in [-0.1, -0.05) is 31.0 Å². The zero-order chi connectivity index (χ0) is 18.8. The first-order chi connectivity index (χ1) is 12.4. The number of H-pyrrole nitrogens is 1. The number of benzene rings is 1. The second kappa shape index (κ2) is 6.99. The Balaban J connectivity index is 1.88. The van der Waals surface area contributed by atoms with Crippen LogP contribution in [-0.2, 0) is 11.2 Å². The van der Waals surface area contributed by atoms with E-state index in [0.717, 1.165) is 29.3 Å². The first-order valence-electron chi connectivity index (χ1n) is 8.87. The Bertz CT molecular complexity index is 810. The lowest BCUT2D eigenvalue weighted by atomic mass is 9.89. The van der Waals surface area contributed by atoms with Gasteiger partial charge in [-0.25, -0.2) is 4.79 Å². The lowest BCUT2D eigenvalue weighted by Crippen LogP contribution is -2.63. The highest BCUT2D eigenvalue weighted by Gasteiger charge is 2.42. The number of amides is 2. The molecule has 1 saturated carbocycles. The number of aromatic amines is 1. The number of fused-ring (bicyclic) bond motifs is 1. The van der Waals surface area contributed by atoms with E-state index in [-0.39, 0.29) is 13.0 Å². The highest BCUT2D eigenvalue weighted by molar-refractivity contribution is 5.91. The van der Waals surface area contributed by atoms with Crippen molar-refractivity contribution in [1.29, 1.82) is 0 Å². The minimum absolute atomic E-state index is 0.144. The van der Waals surface area contributed by atoms with E-state index in [1.807, 2.05) is 24.3 Å². The lowest BCUT2D eigenvalue weighted by Gasteiger charge is -2.35. The number of nitrogens with one attached hydrogen (secondary N) is 3. The van der Waals surface area contributed by atoms with Gasteiger partial charge in [-0.2, -0.15) is 0 Å². The second-order valence-corrected chi connectivity index (χ2v) is 7.40. The first kappa shape index (κ1) is 18.3. The number of carbonyl (C=O) groups excluding carboxylic acids is 1. The van der Waals surface area contributed by atoms with Crippen LogP contribution in [0.15, 0.2) is 30.5 Å². The molecule has 1 aromatic carbocycles. The molecular weight excluding hydrogens is 334 g/mol. The van der Waals surface area contributed by atoms with Crippen LogP contribution < -0.4 is 10.6 Å². The van der Waals surface area contributed by atoms with Gasteiger partial charge in [0.25, 0.3) is 0 Å². The van der Waals surface area contributed by atoms with Crippen molar-refractivity contribution in [2.75, 3.05) is 6.61 Å². The molecule has 1 aliphatic carbocycles. The molecule has 0 bridgehead atoms. The van der Waals surface area contributed by atoms with Crippen molar-refractivity contribution in [3.05, 3.63) is 36.0 Å². The van der Waals surface area contributed by atoms with Crippen molar-refractivity contribution in [3.8, 4) is 0 Å². The Hall–Kier alpha value is -2.54. The van der Waals surface area contributed by atoms with E-state index in [9.17, 15) is 19.8 Å². The van der Waals surface area contributed by atoms with Crippen LogP contribution in [0.4, 0.5) is 4.79 Å². The van der Waals surface area contributed by atoms with E-state index in [0.29, 0.717) is 12.8 Å². The summed E-state index contributed by atoms with van der Waals surface area (Å²) in [7, 11) is 0. The summed E-state index contributed by atoms with van der Waals surface area (Å²) in [5, 5.41) is 25.3. The second-order valence-electron chi connectivity index (χ2n) is 7.40. The van der Waals surface area contributed by atoms with Gasteiger partial charge in [0.15, 0.2) is 0 Å². The standard InChI is InChI=1S/C19H25N3O4/c1-18(22-17(25)26,16(24)21-19(12-23)8-4-5-9-19)10-13-11-20-15-7-3-2-6-14(13)15/h2-3,6-7,11,20,22-23H,4-5,8-10,12H2,1H3,(H,21,24)(H,25,26). The first-order valence-corrected chi connectivity index (χ1v) is 8.87. The summed E-state index contributed by atoms with van der Waals surface area (Å²) in [5.74, 6) is -0.416. The van der Waals surface area contributed by atoms with Gasteiger partial charge in [0.1, 0.15) is 5.54 Å². The Labute approximate surface area is 151 Å². The quantitative estimate of drug-likeness (QED) is 0.544. The maximum Gasteiger partial charge on any atom is 0.405 e. The summed E-state index contributed by atoms with van der Waals surface area (Å²) < 4.78 is 0. The van der Waals surface area contributed by atoms with Crippen LogP contribution in [0.2, 0.25) is 0 Å². The number of carboxylic acid groups (broad SMARTS) is 1. The molecule has 0 spiro atoms. The molecule has 7 heteroatoms. The minimum Gasteiger partial charge on any atom is -0.465 e. The minimum atomic E-state index is -1.35. The van der Waals surface area contributed by atoms with E-state index in [1.165, 1.54) is 0 Å². The van der Waals surface area contributed by atoms with E-state index in [1.54, 1.807) is 13.1 Å². The molecule has 1 aromatic heterocycles. The molecule has 0 saturated heterocycles. The Morgan fingerprint density at radius 3 is 2.62 bits per heavy atom. The highest BCUT2D eigenvalue weighted by Crippen LogP contribution is 2.30. The van der Waals surface area contributed by atoms with Crippen LogP contribution >= 0.6 is 0 Å². The van der Waals surface area contributed by atoms with Crippen molar-refractivity contribution in [2.45, 2.75) is 50.1 Å². The predicted octanol–water partition coefficient (Wildman–Crippen LogP) is 2.16. The average molecular weight is 359 g/mol. The van der Waals surface area contributed by atoms with Crippen LogP contribution in [0.1, 0.15) is 38.2 Å². The van der Waals surface area contributed by atoms with Gasteiger partial charge in [-0.05, 0) is 31.4 Å². The van der Waals surface area contributed by atoms with Crippen molar-refractivity contribution < 1.29 is 19.8 Å². The third kappa shape index (κ3) is 3.53. The Morgan fingerprint density at radius 1 is 1.27 bits per heavy atom. The topological polar surface area (TPSA) is 114 Å². The van der Waals surface area contributed by atoms with Crippen molar-refractivity contribution in [2.24, 2.45) is 0 Å². The van der Waals surface area contributed by atoms with Crippen LogP contribution in [0, 0.1) is 0 Å². The number of hydrogen-bond donors (Lipinski definition) is 5. The van der Waals surface area contributed by atoms with Gasteiger partial charge < -0.3 is 25.8 Å². The van der Waals surface area contributed by atoms with Crippen LogP contribution in [0.5, 0.6) is 0 Å². The molecule has 7 nitrogen and oxygen atoms in total. The number of hydrogen-bond acceptors (Lipinski definition) is 3. The normalized spacial score (nSPS) is 18.4. The van der Waals surface area contributed by atoms with Gasteiger partial charge in [0.2, 0.25) is 5.91 Å². The van der Waals surface area contributed by atoms with Crippen LogP contribution in [-0.4, -0.2) is 44.9 Å². The summed E-state index contributed by atoms with van der Waals surface area (Å²) in [5.41, 5.74) is -0.208. The van der Waals surface area contributed by atoms with E-state index in [4.69, 9.17) is 0 Å². The summed E-state index contributed by atoms with van der Waals surface area (Å²) >= 11 is 0. The third-order valence-corrected chi connectivity index (χ3v) is 5.34. The van der Waals surface area contributed by atoms with Gasteiger partial charge >= 0.3 is 6.09 Å². The van der Waals surface area contributed by atoms with Crippen LogP contribution in [0.25, 0.3) is 10.9 Å². The smallest absolute Gasteiger partial charge is 0.405 e. The van der Waals surface area contributed by atoms with Gasteiger partial charge in [0.05, 0.1) is 12.1 Å². The summed E-state index contributed by atoms with van der Waals surface area (Å²) in [6.45, 7) is 1.44. The molecule has 0 aliphatic heterocycles. The molecule has 1 atom stereocenters. The molecule has 5 N–H and O–H groups in total. The van der Waals surface area contributed by atoms with Crippen LogP contribution in [0.3, 0.4) is 0 Å². The average Bonchev–Trinajstić information content (AvgIpc) is 3.22. The van der Waals surface area contributed by atoms with Crippen molar-refractivity contribution in [1.82, 2.24) is 15.6 Å². The molecular formula is C19H25N3O4. The zero-order valence-corrected chi connectivity index (χ0v) is 14.8. The predicted molar refractivity (Wildman–Crippen MR) is 98.0 cm³/mol. The number of aliphatic hydroxyl groups excluding tert-OH is 1. The van der Waals surface area contributed by atoms with Crippen molar-refractivity contribution in [3.63, 3.8) is 0 Å². The third-order valence-electron chi connectivity index (χ3n) is 5.34. The fraction of sp³-hybridized carbons (Fsp3) is 0.474. The fourth-order valence-corrected chi connectivity index (χ4v) is 3.83. The van der Waals surface area contributed by atoms with Gasteiger partial charge in [-0.15, -0.1) is 0 Å². The summed E-state index contributed by atoms with van der Waals surface area (Å²) in [6.07, 6.45) is 4.02. The van der Waals surface area contributed by atoms with Gasteiger partial charge in [0, 0.05) is 23.5 Å². The largest absolute Gasteiger partial charge is 0.465 e.